The first kappa shape index (κ1) is 14.5. The maximum Gasteiger partial charge on any atom is 0.415 e. The van der Waals surface area contributed by atoms with Gasteiger partial charge in [0.1, 0.15) is 5.75 Å². The van der Waals surface area contributed by atoms with Crippen molar-refractivity contribution in [2.45, 2.75) is 26.3 Å². The fourth-order valence-corrected chi connectivity index (χ4v) is 1.55. The summed E-state index contributed by atoms with van der Waals surface area (Å²) in [5.41, 5.74) is 0. The molecule has 0 aliphatic carbocycles. The molecule has 0 bridgehead atoms. The van der Waals surface area contributed by atoms with E-state index in [-0.39, 0.29) is 12.1 Å². The summed E-state index contributed by atoms with van der Waals surface area (Å²) in [6.07, 6.45) is 0.556. The Hall–Kier alpha value is -1.55. The number of carbonyl (C=O) groups excluding carboxylic acids is 1. The molecule has 100 valence electrons. The van der Waals surface area contributed by atoms with Crippen LogP contribution in [0, 0.1) is 0 Å². The standard InChI is InChI=1S/C14H21NO3/c1-4-12(2)15(10-11-17-3)14(16)18-13-8-6-5-7-9-13/h5-9,12H,4,10-11H2,1-3H3. The number of nitrogens with zero attached hydrogens (tertiary/aromatic N) is 1. The number of hydrogen-bond donors (Lipinski definition) is 0. The van der Waals surface area contributed by atoms with Gasteiger partial charge in [0.05, 0.1) is 6.61 Å². The van der Waals surface area contributed by atoms with Crippen LogP contribution in [-0.4, -0.2) is 37.3 Å². The zero-order chi connectivity index (χ0) is 13.4. The second-order valence-corrected chi connectivity index (χ2v) is 4.12. The highest BCUT2D eigenvalue weighted by atomic mass is 16.6. The molecule has 1 amide bonds. The summed E-state index contributed by atoms with van der Waals surface area (Å²) in [4.78, 5) is 13.8. The molecule has 1 aromatic rings. The van der Waals surface area contributed by atoms with Crippen molar-refractivity contribution in [3.8, 4) is 5.75 Å². The highest BCUT2D eigenvalue weighted by Gasteiger charge is 2.20. The normalized spacial score (nSPS) is 11.9. The van der Waals surface area contributed by atoms with Crippen LogP contribution in [0.4, 0.5) is 4.79 Å². The lowest BCUT2D eigenvalue weighted by atomic mass is 10.2. The smallest absolute Gasteiger partial charge is 0.410 e. The van der Waals surface area contributed by atoms with E-state index < -0.39 is 0 Å². The molecular weight excluding hydrogens is 230 g/mol. The van der Waals surface area contributed by atoms with Crippen molar-refractivity contribution in [1.82, 2.24) is 4.90 Å². The SMILES string of the molecule is CCC(C)N(CCOC)C(=O)Oc1ccccc1. The van der Waals surface area contributed by atoms with Gasteiger partial charge in [-0.15, -0.1) is 0 Å². The van der Waals surface area contributed by atoms with E-state index in [1.807, 2.05) is 32.0 Å². The van der Waals surface area contributed by atoms with Crippen molar-refractivity contribution in [3.63, 3.8) is 0 Å². The number of hydrogen-bond acceptors (Lipinski definition) is 3. The van der Waals surface area contributed by atoms with Gasteiger partial charge >= 0.3 is 6.09 Å². The first-order valence-electron chi connectivity index (χ1n) is 6.21. The van der Waals surface area contributed by atoms with Crippen molar-refractivity contribution < 1.29 is 14.3 Å². The van der Waals surface area contributed by atoms with Crippen molar-refractivity contribution in [1.29, 1.82) is 0 Å². The molecule has 0 aromatic heterocycles. The number of rotatable bonds is 6. The molecule has 4 nitrogen and oxygen atoms in total. The second kappa shape index (κ2) is 7.71. The first-order valence-corrected chi connectivity index (χ1v) is 6.21. The van der Waals surface area contributed by atoms with Crippen LogP contribution in [0.1, 0.15) is 20.3 Å². The van der Waals surface area contributed by atoms with E-state index in [4.69, 9.17) is 9.47 Å². The summed E-state index contributed by atoms with van der Waals surface area (Å²) in [7, 11) is 1.62. The summed E-state index contributed by atoms with van der Waals surface area (Å²) < 4.78 is 10.3. The molecule has 1 atom stereocenters. The Morgan fingerprint density at radius 2 is 2.00 bits per heavy atom. The first-order chi connectivity index (χ1) is 8.69. The van der Waals surface area contributed by atoms with Crippen LogP contribution < -0.4 is 4.74 Å². The number of ether oxygens (including phenoxy) is 2. The Balaban J connectivity index is 2.64. The van der Waals surface area contributed by atoms with Crippen LogP contribution in [0.2, 0.25) is 0 Å². The monoisotopic (exact) mass is 251 g/mol. The lowest BCUT2D eigenvalue weighted by Gasteiger charge is -2.27. The van der Waals surface area contributed by atoms with Crippen molar-refractivity contribution in [3.05, 3.63) is 30.3 Å². The average molecular weight is 251 g/mol. The average Bonchev–Trinajstić information content (AvgIpc) is 2.40. The van der Waals surface area contributed by atoms with E-state index in [9.17, 15) is 4.79 Å². The highest BCUT2D eigenvalue weighted by Crippen LogP contribution is 2.12. The minimum Gasteiger partial charge on any atom is -0.410 e. The van der Waals surface area contributed by atoms with Crippen LogP contribution in [0.5, 0.6) is 5.75 Å². The molecule has 0 N–H and O–H groups in total. The van der Waals surface area contributed by atoms with E-state index in [0.717, 1.165) is 6.42 Å². The molecule has 0 heterocycles. The van der Waals surface area contributed by atoms with Crippen molar-refractivity contribution >= 4 is 6.09 Å². The Labute approximate surface area is 108 Å². The summed E-state index contributed by atoms with van der Waals surface area (Å²) in [5, 5.41) is 0. The van der Waals surface area contributed by atoms with Crippen molar-refractivity contribution in [2.24, 2.45) is 0 Å². The molecule has 1 aromatic carbocycles. The molecule has 0 spiro atoms. The minimum absolute atomic E-state index is 0.136. The van der Waals surface area contributed by atoms with Gasteiger partial charge in [0, 0.05) is 19.7 Å². The predicted molar refractivity (Wildman–Crippen MR) is 70.8 cm³/mol. The quantitative estimate of drug-likeness (QED) is 0.780. The van der Waals surface area contributed by atoms with Gasteiger partial charge in [0.25, 0.3) is 0 Å². The summed E-state index contributed by atoms with van der Waals surface area (Å²) in [6, 6.07) is 9.23. The summed E-state index contributed by atoms with van der Waals surface area (Å²) in [6.45, 7) is 5.09. The molecule has 1 rings (SSSR count). The van der Waals surface area contributed by atoms with E-state index >= 15 is 0 Å². The van der Waals surface area contributed by atoms with Crippen LogP contribution in [0.15, 0.2) is 30.3 Å². The van der Waals surface area contributed by atoms with Crippen LogP contribution >= 0.6 is 0 Å². The number of benzene rings is 1. The number of methoxy groups -OCH3 is 1. The Bertz CT molecular complexity index is 353. The highest BCUT2D eigenvalue weighted by molar-refractivity contribution is 5.71. The zero-order valence-electron chi connectivity index (χ0n) is 11.3. The number of para-hydroxylation sites is 1. The Morgan fingerprint density at radius 3 is 2.56 bits per heavy atom. The van der Waals surface area contributed by atoms with Gasteiger partial charge in [-0.1, -0.05) is 25.1 Å². The van der Waals surface area contributed by atoms with Crippen molar-refractivity contribution in [2.75, 3.05) is 20.3 Å². The third kappa shape index (κ3) is 4.37. The van der Waals surface area contributed by atoms with Gasteiger partial charge in [-0.2, -0.15) is 0 Å². The third-order valence-electron chi connectivity index (χ3n) is 2.84. The third-order valence-corrected chi connectivity index (χ3v) is 2.84. The van der Waals surface area contributed by atoms with Crippen LogP contribution in [0.3, 0.4) is 0 Å². The summed E-state index contributed by atoms with van der Waals surface area (Å²) >= 11 is 0. The molecule has 1 unspecified atom stereocenters. The minimum atomic E-state index is -0.326. The molecule has 0 saturated carbocycles. The zero-order valence-corrected chi connectivity index (χ0v) is 11.3. The molecule has 18 heavy (non-hydrogen) atoms. The number of amides is 1. The largest absolute Gasteiger partial charge is 0.415 e. The van der Waals surface area contributed by atoms with E-state index in [0.29, 0.717) is 18.9 Å². The van der Waals surface area contributed by atoms with Gasteiger partial charge in [0.15, 0.2) is 0 Å². The molecule has 0 aliphatic rings. The van der Waals surface area contributed by atoms with Gasteiger partial charge in [-0.3, -0.25) is 0 Å². The van der Waals surface area contributed by atoms with Crippen LogP contribution in [0.25, 0.3) is 0 Å². The molecule has 0 saturated heterocycles. The van der Waals surface area contributed by atoms with E-state index in [1.54, 1.807) is 24.1 Å². The molecule has 0 aliphatic heterocycles. The molecular formula is C14H21NO3. The van der Waals surface area contributed by atoms with E-state index in [2.05, 4.69) is 0 Å². The second-order valence-electron chi connectivity index (χ2n) is 4.12. The Kier molecular flexibility index (Phi) is 6.22. The maximum atomic E-state index is 12.1. The fourth-order valence-electron chi connectivity index (χ4n) is 1.55. The molecule has 0 radical (unpaired) electrons. The van der Waals surface area contributed by atoms with Gasteiger partial charge in [0.2, 0.25) is 0 Å². The van der Waals surface area contributed by atoms with Gasteiger partial charge in [-0.25, -0.2) is 4.79 Å². The van der Waals surface area contributed by atoms with Gasteiger partial charge in [-0.05, 0) is 25.5 Å². The molecule has 0 fully saturated rings. The van der Waals surface area contributed by atoms with Gasteiger partial charge < -0.3 is 14.4 Å². The van der Waals surface area contributed by atoms with E-state index in [1.165, 1.54) is 0 Å². The fraction of sp³-hybridized carbons (Fsp3) is 0.500. The number of carbonyl (C=O) groups is 1. The molecule has 4 heteroatoms. The summed E-state index contributed by atoms with van der Waals surface area (Å²) in [5.74, 6) is 0.563. The topological polar surface area (TPSA) is 38.8 Å². The maximum absolute atomic E-state index is 12.1. The predicted octanol–water partition coefficient (Wildman–Crippen LogP) is 2.93. The lowest BCUT2D eigenvalue weighted by molar-refractivity contribution is 0.105. The Morgan fingerprint density at radius 1 is 1.33 bits per heavy atom. The van der Waals surface area contributed by atoms with Crippen LogP contribution in [-0.2, 0) is 4.74 Å². The lowest BCUT2D eigenvalue weighted by Crippen LogP contribution is -2.42.